The van der Waals surface area contributed by atoms with E-state index in [4.69, 9.17) is 0 Å². The normalized spacial score (nSPS) is 14.0. The van der Waals surface area contributed by atoms with Crippen LogP contribution in [0.15, 0.2) is 30.6 Å². The van der Waals surface area contributed by atoms with Crippen LogP contribution in [0, 0.1) is 5.92 Å². The molecule has 0 atom stereocenters. The highest BCUT2D eigenvalue weighted by molar-refractivity contribution is 14.1. The fraction of sp³-hybridized carbons (Fsp3) is 0.235. The van der Waals surface area contributed by atoms with Gasteiger partial charge < -0.3 is 5.32 Å². The number of amides is 1. The van der Waals surface area contributed by atoms with Gasteiger partial charge in [-0.3, -0.25) is 14.5 Å². The van der Waals surface area contributed by atoms with E-state index in [1.807, 2.05) is 22.8 Å². The van der Waals surface area contributed by atoms with Gasteiger partial charge >= 0.3 is 0 Å². The van der Waals surface area contributed by atoms with Crippen LogP contribution in [-0.4, -0.2) is 35.9 Å². The Morgan fingerprint density at radius 1 is 1.37 bits per heavy atom. The molecule has 1 aliphatic carbocycles. The largest absolute Gasteiger partial charge is 0.302 e. The van der Waals surface area contributed by atoms with E-state index < -0.39 is 0 Å². The number of hydrogen-bond acceptors (Lipinski definition) is 6. The molecule has 27 heavy (non-hydrogen) atoms. The fourth-order valence-electron chi connectivity index (χ4n) is 2.90. The summed E-state index contributed by atoms with van der Waals surface area (Å²) in [6.07, 6.45) is 3.57. The number of benzene rings is 1. The summed E-state index contributed by atoms with van der Waals surface area (Å²) >= 11 is 3.74. The lowest BCUT2D eigenvalue weighted by Crippen LogP contribution is -2.12. The van der Waals surface area contributed by atoms with Crippen LogP contribution in [0.25, 0.3) is 27.6 Å². The molecular weight excluding hydrogens is 477 g/mol. The first-order valence-electron chi connectivity index (χ1n) is 8.45. The van der Waals surface area contributed by atoms with Crippen LogP contribution in [0.2, 0.25) is 0 Å². The third-order valence-corrected chi connectivity index (χ3v) is 6.24. The topological polar surface area (TPSA) is 101 Å². The Bertz CT molecular complexity index is 1140. The summed E-state index contributed by atoms with van der Waals surface area (Å²) in [6, 6.07) is 8.12. The number of rotatable bonds is 5. The summed E-state index contributed by atoms with van der Waals surface area (Å²) in [6.45, 7) is 0. The zero-order valence-electron chi connectivity index (χ0n) is 14.0. The smallest absolute Gasteiger partial charge is 0.229 e. The molecule has 0 aliphatic heterocycles. The number of H-pyrrole nitrogens is 1. The van der Waals surface area contributed by atoms with Crippen LogP contribution in [0.4, 0.5) is 5.13 Å². The Kier molecular flexibility index (Phi) is 4.16. The molecule has 1 aromatic carbocycles. The van der Waals surface area contributed by atoms with Crippen molar-refractivity contribution in [2.75, 3.05) is 5.32 Å². The standard InChI is InChI=1S/C17H14IN7OS/c18-7-10-3-1-2-4-11(10)14-23-19-8-25(14)15-12-13(22-24-15)20-17(27-12)21-16(26)9-5-6-9/h1-4,8-9H,5-7H2,(H2,20,21,22,24,26). The first-order chi connectivity index (χ1) is 13.2. The van der Waals surface area contributed by atoms with Crippen molar-refractivity contribution < 1.29 is 4.79 Å². The van der Waals surface area contributed by atoms with Gasteiger partial charge in [-0.05, 0) is 18.4 Å². The van der Waals surface area contributed by atoms with Gasteiger partial charge in [0.25, 0.3) is 0 Å². The SMILES string of the molecule is O=C(Nc1nc2[nH]nc(-n3cnnc3-c3ccccc3CI)c2s1)C1CC1. The van der Waals surface area contributed by atoms with Crippen molar-refractivity contribution in [2.24, 2.45) is 5.92 Å². The summed E-state index contributed by atoms with van der Waals surface area (Å²) in [4.78, 5) is 16.4. The Morgan fingerprint density at radius 2 is 2.22 bits per heavy atom. The number of anilines is 1. The van der Waals surface area contributed by atoms with E-state index in [1.54, 1.807) is 6.33 Å². The maximum Gasteiger partial charge on any atom is 0.229 e. The molecule has 4 aromatic rings. The average molecular weight is 491 g/mol. The number of aromatic nitrogens is 6. The molecule has 0 saturated heterocycles. The van der Waals surface area contributed by atoms with E-state index in [0.717, 1.165) is 33.4 Å². The summed E-state index contributed by atoms with van der Waals surface area (Å²) in [5.41, 5.74) is 2.84. The molecule has 1 aliphatic rings. The van der Waals surface area contributed by atoms with Crippen molar-refractivity contribution in [3.8, 4) is 17.2 Å². The van der Waals surface area contributed by atoms with Crippen LogP contribution in [0.1, 0.15) is 18.4 Å². The van der Waals surface area contributed by atoms with E-state index in [1.165, 1.54) is 16.9 Å². The minimum absolute atomic E-state index is 0.0434. The lowest BCUT2D eigenvalue weighted by molar-refractivity contribution is -0.117. The first-order valence-corrected chi connectivity index (χ1v) is 10.8. The van der Waals surface area contributed by atoms with Gasteiger partial charge in [-0.15, -0.1) is 10.2 Å². The molecule has 3 aromatic heterocycles. The van der Waals surface area contributed by atoms with Crippen molar-refractivity contribution in [3.63, 3.8) is 0 Å². The molecule has 0 radical (unpaired) electrons. The summed E-state index contributed by atoms with van der Waals surface area (Å²) in [7, 11) is 0. The molecule has 8 nitrogen and oxygen atoms in total. The van der Waals surface area contributed by atoms with Crippen LogP contribution >= 0.6 is 33.9 Å². The summed E-state index contributed by atoms with van der Waals surface area (Å²) in [5, 5.41) is 19.2. The number of halogens is 1. The molecule has 1 saturated carbocycles. The molecule has 1 fully saturated rings. The molecular formula is C17H14IN7OS. The Balaban J connectivity index is 1.56. The number of fused-ring (bicyclic) bond motifs is 1. The van der Waals surface area contributed by atoms with Crippen molar-refractivity contribution in [1.82, 2.24) is 29.9 Å². The number of alkyl halides is 1. The fourth-order valence-corrected chi connectivity index (χ4v) is 4.47. The minimum atomic E-state index is 0.0434. The molecule has 2 N–H and O–H groups in total. The number of aromatic amines is 1. The number of nitrogens with zero attached hydrogens (tertiary/aromatic N) is 5. The Labute approximate surface area is 171 Å². The van der Waals surface area contributed by atoms with E-state index >= 15 is 0 Å². The highest BCUT2D eigenvalue weighted by Gasteiger charge is 2.30. The number of hydrogen-bond donors (Lipinski definition) is 2. The average Bonchev–Trinajstić information content (AvgIpc) is 3.12. The second kappa shape index (κ2) is 6.68. The van der Waals surface area contributed by atoms with Crippen molar-refractivity contribution >= 4 is 55.3 Å². The van der Waals surface area contributed by atoms with Crippen LogP contribution in [0.5, 0.6) is 0 Å². The monoisotopic (exact) mass is 491 g/mol. The van der Waals surface area contributed by atoms with Gasteiger partial charge in [-0.1, -0.05) is 58.2 Å². The van der Waals surface area contributed by atoms with Gasteiger partial charge in [0.05, 0.1) is 0 Å². The van der Waals surface area contributed by atoms with Gasteiger partial charge in [-0.25, -0.2) is 4.98 Å². The number of carbonyl (C=O) groups excluding carboxylic acids is 1. The maximum absolute atomic E-state index is 12.0. The predicted octanol–water partition coefficient (Wildman–Crippen LogP) is 3.55. The lowest BCUT2D eigenvalue weighted by atomic mass is 10.1. The third-order valence-electron chi connectivity index (χ3n) is 4.45. The molecule has 0 bridgehead atoms. The van der Waals surface area contributed by atoms with E-state index in [2.05, 4.69) is 59.4 Å². The molecule has 3 heterocycles. The van der Waals surface area contributed by atoms with Gasteiger partial charge in [-0.2, -0.15) is 5.10 Å². The molecule has 136 valence electrons. The van der Waals surface area contributed by atoms with Gasteiger partial charge in [0.15, 0.2) is 22.4 Å². The van der Waals surface area contributed by atoms with Crippen LogP contribution in [0.3, 0.4) is 0 Å². The zero-order valence-corrected chi connectivity index (χ0v) is 17.0. The highest BCUT2D eigenvalue weighted by Crippen LogP contribution is 2.34. The molecule has 0 unspecified atom stereocenters. The van der Waals surface area contributed by atoms with E-state index in [0.29, 0.717) is 16.6 Å². The van der Waals surface area contributed by atoms with Crippen LogP contribution in [-0.2, 0) is 9.22 Å². The van der Waals surface area contributed by atoms with Crippen molar-refractivity contribution in [2.45, 2.75) is 17.3 Å². The number of thiazole rings is 1. The quantitative estimate of drug-likeness (QED) is 0.329. The summed E-state index contributed by atoms with van der Waals surface area (Å²) < 4.78 is 3.58. The molecule has 5 rings (SSSR count). The van der Waals surface area contributed by atoms with Crippen molar-refractivity contribution in [3.05, 3.63) is 36.2 Å². The van der Waals surface area contributed by atoms with Gasteiger partial charge in [0.1, 0.15) is 11.0 Å². The molecule has 10 heteroatoms. The molecule has 0 spiro atoms. The summed E-state index contributed by atoms with van der Waals surface area (Å²) in [5.74, 6) is 1.59. The highest BCUT2D eigenvalue weighted by atomic mass is 127. The van der Waals surface area contributed by atoms with Crippen LogP contribution < -0.4 is 5.32 Å². The van der Waals surface area contributed by atoms with Crippen molar-refractivity contribution in [1.29, 1.82) is 0 Å². The minimum Gasteiger partial charge on any atom is -0.302 e. The van der Waals surface area contributed by atoms with Gasteiger partial charge in [0.2, 0.25) is 5.91 Å². The predicted molar refractivity (Wildman–Crippen MR) is 111 cm³/mol. The second-order valence-corrected chi connectivity index (χ2v) is 8.08. The third kappa shape index (κ3) is 3.02. The molecule has 1 amide bonds. The number of nitrogens with one attached hydrogen (secondary N) is 2. The first kappa shape index (κ1) is 16.8. The van der Waals surface area contributed by atoms with E-state index in [-0.39, 0.29) is 11.8 Å². The maximum atomic E-state index is 12.0. The van der Waals surface area contributed by atoms with E-state index in [9.17, 15) is 4.79 Å². The zero-order chi connectivity index (χ0) is 18.4. The Morgan fingerprint density at radius 3 is 3.04 bits per heavy atom. The Hall–Kier alpha value is -2.34. The van der Waals surface area contributed by atoms with Gasteiger partial charge in [0, 0.05) is 15.9 Å². The number of carbonyl (C=O) groups is 1. The lowest BCUT2D eigenvalue weighted by Gasteiger charge is -2.07. The second-order valence-electron chi connectivity index (χ2n) is 6.32.